The first-order chi connectivity index (χ1) is 22.5. The average Bonchev–Trinajstić information content (AvgIpc) is 3.57. The van der Waals surface area contributed by atoms with Gasteiger partial charge in [0.1, 0.15) is 12.6 Å². The molecule has 1 aliphatic carbocycles. The van der Waals surface area contributed by atoms with Crippen LogP contribution in [0, 0.1) is 0 Å². The Hall–Kier alpha value is -3.27. The van der Waals surface area contributed by atoms with Crippen LogP contribution in [0.25, 0.3) is 0 Å². The summed E-state index contributed by atoms with van der Waals surface area (Å²) in [6.07, 6.45) is 3.91. The number of anilines is 1. The summed E-state index contributed by atoms with van der Waals surface area (Å²) in [5.41, 5.74) is 1.51. The number of halogens is 4. The molecule has 0 heterocycles. The second-order valence-corrected chi connectivity index (χ2v) is 14.9. The van der Waals surface area contributed by atoms with E-state index in [0.717, 1.165) is 35.6 Å². The highest BCUT2D eigenvalue weighted by Gasteiger charge is 2.36. The molecule has 4 aromatic rings. The molecule has 0 saturated heterocycles. The molecule has 0 aromatic heterocycles. The van der Waals surface area contributed by atoms with Crippen molar-refractivity contribution in [2.45, 2.75) is 55.6 Å². The number of hydrogen-bond donors (Lipinski definition) is 1. The SMILES string of the molecule is O=C(NC1CCCC1)[C@@H](Cc1ccccc1)N(Cc1ccc(Cl)c(Cl)c1)C(=O)CN(c1ccc(Cl)cc1Cl)S(=O)(=O)c1ccccc1. The van der Waals surface area contributed by atoms with E-state index in [1.54, 1.807) is 36.4 Å². The third kappa shape index (κ3) is 8.80. The predicted molar refractivity (Wildman–Crippen MR) is 189 cm³/mol. The van der Waals surface area contributed by atoms with Gasteiger partial charge in [0, 0.05) is 24.0 Å². The van der Waals surface area contributed by atoms with Gasteiger partial charge in [-0.25, -0.2) is 8.42 Å². The van der Waals surface area contributed by atoms with Crippen molar-refractivity contribution in [1.29, 1.82) is 0 Å². The molecule has 7 nitrogen and oxygen atoms in total. The number of rotatable bonds is 12. The van der Waals surface area contributed by atoms with Crippen LogP contribution in [0.1, 0.15) is 36.8 Å². The maximum Gasteiger partial charge on any atom is 0.264 e. The van der Waals surface area contributed by atoms with Crippen LogP contribution in [-0.2, 0) is 32.6 Å². The topological polar surface area (TPSA) is 86.8 Å². The van der Waals surface area contributed by atoms with Gasteiger partial charge in [0.2, 0.25) is 11.8 Å². The van der Waals surface area contributed by atoms with Crippen LogP contribution in [0.4, 0.5) is 5.69 Å². The minimum Gasteiger partial charge on any atom is -0.352 e. The molecular weight excluding hydrogens is 700 g/mol. The quantitative estimate of drug-likeness (QED) is 0.159. The van der Waals surface area contributed by atoms with Crippen LogP contribution in [0.3, 0.4) is 0 Å². The molecule has 0 aliphatic heterocycles. The molecule has 2 amide bonds. The first-order valence-electron chi connectivity index (χ1n) is 15.1. The van der Waals surface area contributed by atoms with Gasteiger partial charge in [-0.2, -0.15) is 0 Å². The zero-order valence-electron chi connectivity index (χ0n) is 25.3. The number of carbonyl (C=O) groups is 2. The smallest absolute Gasteiger partial charge is 0.264 e. The highest BCUT2D eigenvalue weighted by molar-refractivity contribution is 7.92. The summed E-state index contributed by atoms with van der Waals surface area (Å²) in [4.78, 5) is 30.1. The average molecular weight is 734 g/mol. The van der Waals surface area contributed by atoms with E-state index < -0.39 is 28.5 Å². The second kappa shape index (κ2) is 15.8. The fraction of sp³-hybridized carbons (Fsp3) is 0.257. The van der Waals surface area contributed by atoms with Gasteiger partial charge in [0.15, 0.2) is 0 Å². The van der Waals surface area contributed by atoms with Crippen LogP contribution >= 0.6 is 46.4 Å². The number of amides is 2. The van der Waals surface area contributed by atoms with Gasteiger partial charge >= 0.3 is 0 Å². The molecule has 1 fully saturated rings. The van der Waals surface area contributed by atoms with Crippen LogP contribution in [0.2, 0.25) is 20.1 Å². The van der Waals surface area contributed by atoms with E-state index in [1.807, 2.05) is 30.3 Å². The maximum absolute atomic E-state index is 14.6. The Labute approximate surface area is 295 Å². The number of sulfonamides is 1. The Morgan fingerprint density at radius 1 is 0.766 bits per heavy atom. The van der Waals surface area contributed by atoms with Crippen molar-refractivity contribution in [2.75, 3.05) is 10.8 Å². The van der Waals surface area contributed by atoms with Crippen molar-refractivity contribution < 1.29 is 18.0 Å². The molecule has 0 radical (unpaired) electrons. The molecule has 1 N–H and O–H groups in total. The summed E-state index contributed by atoms with van der Waals surface area (Å²) in [7, 11) is -4.31. The van der Waals surface area contributed by atoms with E-state index in [1.165, 1.54) is 35.2 Å². The van der Waals surface area contributed by atoms with Crippen molar-refractivity contribution in [3.8, 4) is 0 Å². The normalized spacial score (nSPS) is 14.0. The summed E-state index contributed by atoms with van der Waals surface area (Å²) >= 11 is 25.3. The molecule has 4 aromatic carbocycles. The van der Waals surface area contributed by atoms with Crippen LogP contribution in [0.15, 0.2) is 102 Å². The Kier molecular flexibility index (Phi) is 11.7. The summed E-state index contributed by atoms with van der Waals surface area (Å²) < 4.78 is 29.2. The van der Waals surface area contributed by atoms with Crippen LogP contribution in [-0.4, -0.2) is 43.8 Å². The lowest BCUT2D eigenvalue weighted by Gasteiger charge is -2.34. The summed E-state index contributed by atoms with van der Waals surface area (Å²) in [5.74, 6) is -0.944. The number of nitrogens with one attached hydrogen (secondary N) is 1. The van der Waals surface area contributed by atoms with Gasteiger partial charge in [-0.05, 0) is 66.4 Å². The van der Waals surface area contributed by atoms with Crippen molar-refractivity contribution in [3.63, 3.8) is 0 Å². The number of carbonyl (C=O) groups excluding carboxylic acids is 2. The van der Waals surface area contributed by atoms with Crippen LogP contribution < -0.4 is 9.62 Å². The maximum atomic E-state index is 14.6. The van der Waals surface area contributed by atoms with Crippen molar-refractivity contribution in [3.05, 3.63) is 128 Å². The van der Waals surface area contributed by atoms with Gasteiger partial charge in [-0.3, -0.25) is 13.9 Å². The summed E-state index contributed by atoms with van der Waals surface area (Å²) in [6, 6.07) is 25.5. The monoisotopic (exact) mass is 731 g/mol. The molecular formula is C35H33Cl4N3O4S. The fourth-order valence-electron chi connectivity index (χ4n) is 5.67. The van der Waals surface area contributed by atoms with Gasteiger partial charge in [0.05, 0.1) is 25.7 Å². The zero-order valence-corrected chi connectivity index (χ0v) is 29.1. The molecule has 0 unspecified atom stereocenters. The Balaban J connectivity index is 1.59. The summed E-state index contributed by atoms with van der Waals surface area (Å²) in [6.45, 7) is -0.694. The molecule has 246 valence electrons. The molecule has 12 heteroatoms. The molecule has 47 heavy (non-hydrogen) atoms. The minimum atomic E-state index is -4.31. The van der Waals surface area contributed by atoms with E-state index in [9.17, 15) is 18.0 Å². The number of hydrogen-bond acceptors (Lipinski definition) is 4. The summed E-state index contributed by atoms with van der Waals surface area (Å²) in [5, 5.41) is 4.12. The number of nitrogens with zero attached hydrogens (tertiary/aromatic N) is 2. The molecule has 1 saturated carbocycles. The van der Waals surface area contributed by atoms with E-state index in [0.29, 0.717) is 15.6 Å². The van der Waals surface area contributed by atoms with Crippen molar-refractivity contribution >= 4 is 73.9 Å². The first kappa shape index (κ1) is 35.0. The van der Waals surface area contributed by atoms with Gasteiger partial charge in [-0.15, -0.1) is 0 Å². The third-order valence-corrected chi connectivity index (χ3v) is 11.1. The molecule has 0 spiro atoms. The van der Waals surface area contributed by atoms with E-state index >= 15 is 0 Å². The Bertz CT molecular complexity index is 1820. The van der Waals surface area contributed by atoms with Gasteiger partial charge in [-0.1, -0.05) is 114 Å². The van der Waals surface area contributed by atoms with E-state index in [-0.39, 0.29) is 45.5 Å². The molecule has 0 bridgehead atoms. The lowest BCUT2D eigenvalue weighted by atomic mass is 10.0. The highest BCUT2D eigenvalue weighted by atomic mass is 35.5. The molecule has 5 rings (SSSR count). The van der Waals surface area contributed by atoms with E-state index in [4.69, 9.17) is 46.4 Å². The van der Waals surface area contributed by atoms with Crippen molar-refractivity contribution in [2.24, 2.45) is 0 Å². The second-order valence-electron chi connectivity index (χ2n) is 11.4. The molecule has 1 atom stereocenters. The molecule has 1 aliphatic rings. The Morgan fingerprint density at radius 3 is 2.06 bits per heavy atom. The fourth-order valence-corrected chi connectivity index (χ4v) is 8.01. The first-order valence-corrected chi connectivity index (χ1v) is 18.1. The minimum absolute atomic E-state index is 0.00877. The number of benzene rings is 4. The van der Waals surface area contributed by atoms with Crippen LogP contribution in [0.5, 0.6) is 0 Å². The lowest BCUT2D eigenvalue weighted by molar-refractivity contribution is -0.140. The lowest BCUT2D eigenvalue weighted by Crippen LogP contribution is -2.54. The zero-order chi connectivity index (χ0) is 33.6. The Morgan fingerprint density at radius 2 is 1.43 bits per heavy atom. The standard InChI is InChI=1S/C35H33Cl4N3O4S/c36-26-16-18-32(31(39)21-26)42(47(45,46)28-13-5-2-6-14-28)23-34(43)41(22-25-15-17-29(37)30(38)19-25)33(20-24-9-3-1-4-10-24)35(44)40-27-11-7-8-12-27/h1-6,9-10,13-19,21,27,33H,7-8,11-12,20,22-23H2,(H,40,44)/t33-/m1/s1. The van der Waals surface area contributed by atoms with Crippen molar-refractivity contribution in [1.82, 2.24) is 10.2 Å². The third-order valence-electron chi connectivity index (χ3n) is 8.10. The van der Waals surface area contributed by atoms with Gasteiger partial charge in [0.25, 0.3) is 10.0 Å². The largest absolute Gasteiger partial charge is 0.352 e. The van der Waals surface area contributed by atoms with Gasteiger partial charge < -0.3 is 10.2 Å². The van der Waals surface area contributed by atoms with E-state index in [2.05, 4.69) is 5.32 Å². The predicted octanol–water partition coefficient (Wildman–Crippen LogP) is 8.19. The highest BCUT2D eigenvalue weighted by Crippen LogP contribution is 2.33.